The van der Waals surface area contributed by atoms with E-state index in [1.165, 1.54) is 50.6 Å². The summed E-state index contributed by atoms with van der Waals surface area (Å²) in [5.74, 6) is 0. The highest BCUT2D eigenvalue weighted by atomic mass is 35.5. The van der Waals surface area contributed by atoms with Crippen LogP contribution in [0.1, 0.15) is 52.4 Å². The van der Waals surface area contributed by atoms with Crippen LogP contribution >= 0.6 is 0 Å². The fourth-order valence-corrected chi connectivity index (χ4v) is 1.90. The van der Waals surface area contributed by atoms with Crippen LogP contribution in [0.5, 0.6) is 0 Å². The Kier molecular flexibility index (Phi) is 8.83. The maximum Gasteiger partial charge on any atom is 0.102 e. The van der Waals surface area contributed by atoms with Crippen LogP contribution in [-0.2, 0) is 0 Å². The topological polar surface area (TPSA) is 4.44 Å². The fourth-order valence-electron chi connectivity index (χ4n) is 1.90. The Morgan fingerprint density at radius 3 is 2.53 bits per heavy atom. The van der Waals surface area contributed by atoms with Crippen LogP contribution in [0.4, 0.5) is 0 Å². The number of hydrogen-bond acceptors (Lipinski definition) is 0. The summed E-state index contributed by atoms with van der Waals surface area (Å²) in [5.41, 5.74) is 1.53. The van der Waals surface area contributed by atoms with Crippen LogP contribution < -0.4 is 17.3 Å². The molecule has 1 aliphatic heterocycles. The molecule has 0 bridgehead atoms. The van der Waals surface area contributed by atoms with Gasteiger partial charge >= 0.3 is 0 Å². The molecule has 0 spiro atoms. The Bertz CT molecular complexity index is 209. The van der Waals surface area contributed by atoms with Gasteiger partial charge in [0.2, 0.25) is 0 Å². The largest absolute Gasteiger partial charge is 1.00 e. The van der Waals surface area contributed by atoms with Gasteiger partial charge in [-0.15, -0.1) is 0 Å². The molecule has 0 saturated carbocycles. The molecule has 1 aliphatic rings. The van der Waals surface area contributed by atoms with Crippen LogP contribution in [0.3, 0.4) is 0 Å². The quantitative estimate of drug-likeness (QED) is 0.571. The van der Waals surface area contributed by atoms with Crippen molar-refractivity contribution < 1.29 is 17.3 Å². The van der Waals surface area contributed by atoms with Crippen molar-refractivity contribution in [1.82, 2.24) is 0 Å². The summed E-state index contributed by atoms with van der Waals surface area (Å²) in [6.07, 6.45) is 15.0. The van der Waals surface area contributed by atoms with E-state index in [4.69, 9.17) is 0 Å². The van der Waals surface area contributed by atoms with Crippen molar-refractivity contribution in [2.24, 2.45) is 0 Å². The highest BCUT2D eigenvalue weighted by Crippen LogP contribution is 2.06. The molecule has 0 aromatic rings. The Labute approximate surface area is 101 Å². The van der Waals surface area contributed by atoms with E-state index in [9.17, 15) is 0 Å². The fraction of sp³-hybridized carbons (Fsp3) is 0.692. The molecule has 88 valence electrons. The zero-order chi connectivity index (χ0) is 10.2. The van der Waals surface area contributed by atoms with Crippen LogP contribution in [-0.4, -0.2) is 6.54 Å². The molecule has 1 unspecified atom stereocenters. The number of quaternary nitrogens is 1. The van der Waals surface area contributed by atoms with Crippen LogP contribution in [0.2, 0.25) is 0 Å². The second-order valence-corrected chi connectivity index (χ2v) is 4.19. The summed E-state index contributed by atoms with van der Waals surface area (Å²) < 4.78 is 0. The number of rotatable bonds is 7. The molecule has 0 aliphatic carbocycles. The Hall–Kier alpha value is -0.270. The molecule has 0 aromatic heterocycles. The molecule has 0 saturated heterocycles. The van der Waals surface area contributed by atoms with Gasteiger partial charge in [-0.2, -0.15) is 0 Å². The molecule has 1 atom stereocenters. The van der Waals surface area contributed by atoms with E-state index in [1.54, 1.807) is 4.90 Å². The lowest BCUT2D eigenvalue weighted by molar-refractivity contribution is -0.788. The van der Waals surface area contributed by atoms with Gasteiger partial charge in [-0.3, -0.25) is 4.90 Å². The molecule has 0 radical (unpaired) electrons. The zero-order valence-corrected chi connectivity index (χ0v) is 10.8. The summed E-state index contributed by atoms with van der Waals surface area (Å²) >= 11 is 0. The summed E-state index contributed by atoms with van der Waals surface area (Å²) in [5, 5.41) is 0. The summed E-state index contributed by atoms with van der Waals surface area (Å²) in [6, 6.07) is 0. The lowest BCUT2D eigenvalue weighted by atomic mass is 10.2. The smallest absolute Gasteiger partial charge is 0.102 e. The van der Waals surface area contributed by atoms with Crippen LogP contribution in [0.15, 0.2) is 24.0 Å². The highest BCUT2D eigenvalue weighted by Gasteiger charge is 2.09. The number of unbranched alkanes of at least 4 members (excludes halogenated alkanes) is 3. The van der Waals surface area contributed by atoms with Crippen molar-refractivity contribution in [1.29, 1.82) is 0 Å². The van der Waals surface area contributed by atoms with Gasteiger partial charge in [-0.05, 0) is 19.3 Å². The molecule has 15 heavy (non-hydrogen) atoms. The molecule has 1 heterocycles. The number of hydrogen-bond donors (Lipinski definition) is 1. The van der Waals surface area contributed by atoms with E-state index < -0.39 is 0 Å². The SMILES string of the molecule is CCCCCC[NH+]1C=CC(CCC)=C1.[Cl-]. The number of allylic oxidation sites excluding steroid dienone is 2. The van der Waals surface area contributed by atoms with Gasteiger partial charge in [0.05, 0.1) is 12.7 Å². The minimum atomic E-state index is 0. The maximum atomic E-state index is 2.38. The normalized spacial score (nSPS) is 18.8. The third-order valence-electron chi connectivity index (χ3n) is 2.74. The molecule has 0 amide bonds. The van der Waals surface area contributed by atoms with E-state index in [0.29, 0.717) is 0 Å². The Balaban J connectivity index is 0.00000196. The Morgan fingerprint density at radius 2 is 1.87 bits per heavy atom. The van der Waals surface area contributed by atoms with E-state index in [0.717, 1.165) is 0 Å². The van der Waals surface area contributed by atoms with Gasteiger partial charge in [0.25, 0.3) is 0 Å². The summed E-state index contributed by atoms with van der Waals surface area (Å²) in [4.78, 5) is 1.55. The predicted molar refractivity (Wildman–Crippen MR) is 62.1 cm³/mol. The third kappa shape index (κ3) is 6.01. The van der Waals surface area contributed by atoms with Crippen molar-refractivity contribution in [3.8, 4) is 0 Å². The van der Waals surface area contributed by atoms with Gasteiger partial charge in [0, 0.05) is 11.6 Å². The van der Waals surface area contributed by atoms with Crippen LogP contribution in [0.25, 0.3) is 0 Å². The van der Waals surface area contributed by atoms with Crippen LogP contribution in [0, 0.1) is 0 Å². The molecule has 0 fully saturated rings. The van der Waals surface area contributed by atoms with Gasteiger partial charge in [-0.25, -0.2) is 0 Å². The maximum absolute atomic E-state index is 2.38. The van der Waals surface area contributed by atoms with Crippen molar-refractivity contribution >= 4 is 0 Å². The molecule has 0 aromatic carbocycles. The van der Waals surface area contributed by atoms with Crippen molar-refractivity contribution in [2.75, 3.05) is 6.54 Å². The van der Waals surface area contributed by atoms with E-state index >= 15 is 0 Å². The molecule has 1 nitrogen and oxygen atoms in total. The minimum Gasteiger partial charge on any atom is -1.00 e. The number of nitrogens with one attached hydrogen (secondary N) is 1. The molecular formula is C13H24ClN. The van der Waals surface area contributed by atoms with E-state index in [-0.39, 0.29) is 12.4 Å². The first kappa shape index (κ1) is 14.7. The summed E-state index contributed by atoms with van der Waals surface area (Å²) in [6.45, 7) is 5.79. The van der Waals surface area contributed by atoms with Gasteiger partial charge in [0.15, 0.2) is 0 Å². The monoisotopic (exact) mass is 229 g/mol. The molecule has 1 N–H and O–H groups in total. The van der Waals surface area contributed by atoms with E-state index in [2.05, 4.69) is 32.3 Å². The van der Waals surface area contributed by atoms with Crippen molar-refractivity contribution in [3.63, 3.8) is 0 Å². The average molecular weight is 230 g/mol. The van der Waals surface area contributed by atoms with Gasteiger partial charge < -0.3 is 12.4 Å². The molecule has 2 heteroatoms. The standard InChI is InChI=1S/C13H23N.ClH/c1-3-5-6-7-10-14-11-9-13(12-14)8-4-2;/h9,11-12H,3-8,10H2,1-2H3;1H. The number of halogens is 1. The summed E-state index contributed by atoms with van der Waals surface area (Å²) in [7, 11) is 0. The lowest BCUT2D eigenvalue weighted by Crippen LogP contribution is -3.01. The zero-order valence-electron chi connectivity index (χ0n) is 10.1. The minimum absolute atomic E-state index is 0. The first-order chi connectivity index (χ1) is 6.86. The molecule has 1 rings (SSSR count). The molecular weight excluding hydrogens is 206 g/mol. The second-order valence-electron chi connectivity index (χ2n) is 4.19. The van der Waals surface area contributed by atoms with E-state index in [1.807, 2.05) is 0 Å². The first-order valence-electron chi connectivity index (χ1n) is 6.11. The van der Waals surface area contributed by atoms with Gasteiger partial charge in [0.1, 0.15) is 6.20 Å². The average Bonchev–Trinajstić information content (AvgIpc) is 2.61. The van der Waals surface area contributed by atoms with Crippen molar-refractivity contribution in [3.05, 3.63) is 24.0 Å². The lowest BCUT2D eigenvalue weighted by Gasteiger charge is -2.05. The third-order valence-corrected chi connectivity index (χ3v) is 2.74. The Morgan fingerprint density at radius 1 is 1.07 bits per heavy atom. The first-order valence-corrected chi connectivity index (χ1v) is 6.11. The van der Waals surface area contributed by atoms with Crippen molar-refractivity contribution in [2.45, 2.75) is 52.4 Å². The predicted octanol–water partition coefficient (Wildman–Crippen LogP) is -0.333. The van der Waals surface area contributed by atoms with Gasteiger partial charge in [-0.1, -0.05) is 33.1 Å². The highest BCUT2D eigenvalue weighted by molar-refractivity contribution is 5.17. The second kappa shape index (κ2) is 8.99.